The molecule has 0 saturated carbocycles. The molecule has 4 heteroatoms. The Labute approximate surface area is 155 Å². The zero-order valence-corrected chi connectivity index (χ0v) is 16.7. The van der Waals surface area contributed by atoms with Crippen molar-refractivity contribution in [1.29, 1.82) is 0 Å². The highest BCUT2D eigenvalue weighted by Crippen LogP contribution is 2.42. The van der Waals surface area contributed by atoms with E-state index in [9.17, 15) is 4.79 Å². The van der Waals surface area contributed by atoms with E-state index >= 15 is 0 Å². The lowest BCUT2D eigenvalue weighted by Gasteiger charge is -2.24. The number of anilines is 2. The van der Waals surface area contributed by atoms with Crippen molar-refractivity contribution in [3.63, 3.8) is 0 Å². The van der Waals surface area contributed by atoms with Gasteiger partial charge in [0.15, 0.2) is 0 Å². The third-order valence-electron chi connectivity index (χ3n) is 4.70. The number of aromatic carboxylic acids is 1. The molecule has 0 aliphatic carbocycles. The van der Waals surface area contributed by atoms with Gasteiger partial charge in [0.2, 0.25) is 0 Å². The number of carboxylic acid groups (broad SMARTS) is 1. The molecule has 2 aromatic rings. The maximum absolute atomic E-state index is 11.1. The minimum absolute atomic E-state index is 0.191. The van der Waals surface area contributed by atoms with Crippen LogP contribution in [-0.2, 0) is 5.41 Å². The minimum Gasteiger partial charge on any atom is -0.478 e. The minimum atomic E-state index is -0.887. The third-order valence-corrected chi connectivity index (χ3v) is 6.33. The van der Waals surface area contributed by atoms with E-state index in [1.807, 2.05) is 23.5 Å². The van der Waals surface area contributed by atoms with Gasteiger partial charge in [-0.15, -0.1) is 11.3 Å². The number of unbranched alkanes of at least 4 members (excludes halogenated alkanes) is 1. The van der Waals surface area contributed by atoms with Crippen molar-refractivity contribution in [3.05, 3.63) is 46.3 Å². The van der Waals surface area contributed by atoms with Gasteiger partial charge in [-0.1, -0.05) is 33.6 Å². The first-order valence-corrected chi connectivity index (χ1v) is 9.83. The van der Waals surface area contributed by atoms with Gasteiger partial charge in [0.25, 0.3) is 0 Å². The smallest absolute Gasteiger partial charge is 0.335 e. The summed E-state index contributed by atoms with van der Waals surface area (Å²) in [6.07, 6.45) is 3.66. The van der Waals surface area contributed by atoms with Crippen LogP contribution in [0.3, 0.4) is 0 Å². The molecule has 1 heterocycles. The summed E-state index contributed by atoms with van der Waals surface area (Å²) in [5.41, 5.74) is 2.84. The summed E-state index contributed by atoms with van der Waals surface area (Å²) in [6.45, 7) is 12.0. The number of nitrogens with zero attached hydrogens (tertiary/aromatic N) is 1. The summed E-state index contributed by atoms with van der Waals surface area (Å²) < 4.78 is 0. The highest BCUT2D eigenvalue weighted by Gasteiger charge is 2.25. The number of carboxylic acids is 1. The molecule has 0 saturated heterocycles. The molecular formula is C21H29NO2S. The number of carbonyl (C=O) groups is 1. The largest absolute Gasteiger partial charge is 0.478 e. The van der Waals surface area contributed by atoms with Crippen molar-refractivity contribution < 1.29 is 9.90 Å². The Balaban J connectivity index is 2.33. The summed E-state index contributed by atoms with van der Waals surface area (Å²) >= 11 is 1.86. The van der Waals surface area contributed by atoms with Gasteiger partial charge in [-0.2, -0.15) is 0 Å². The van der Waals surface area contributed by atoms with Crippen LogP contribution in [0, 0.1) is 6.92 Å². The molecule has 136 valence electrons. The number of thiophene rings is 1. The van der Waals surface area contributed by atoms with Gasteiger partial charge < -0.3 is 10.0 Å². The molecule has 1 aromatic heterocycles. The first-order chi connectivity index (χ1) is 11.8. The number of aryl methyl sites for hydroxylation is 1. The Hall–Kier alpha value is -1.81. The Morgan fingerprint density at radius 3 is 2.36 bits per heavy atom. The van der Waals surface area contributed by atoms with E-state index in [1.165, 1.54) is 34.7 Å². The molecule has 0 fully saturated rings. The Bertz CT molecular complexity index is 716. The lowest BCUT2D eigenvalue weighted by Crippen LogP contribution is -2.16. The SMILES string of the molecule is CCCCC(C)(C)c1cc(C)c(N(CC)c2ccc(C(=O)O)cc2)s1. The Morgan fingerprint density at radius 2 is 1.84 bits per heavy atom. The van der Waals surface area contributed by atoms with Crippen LogP contribution in [-0.4, -0.2) is 17.6 Å². The van der Waals surface area contributed by atoms with E-state index in [0.717, 1.165) is 12.2 Å². The van der Waals surface area contributed by atoms with Crippen LogP contribution in [0.15, 0.2) is 30.3 Å². The van der Waals surface area contributed by atoms with Crippen LogP contribution in [0.4, 0.5) is 10.7 Å². The van der Waals surface area contributed by atoms with E-state index in [1.54, 1.807) is 12.1 Å². The highest BCUT2D eigenvalue weighted by atomic mass is 32.1. The van der Waals surface area contributed by atoms with E-state index < -0.39 is 5.97 Å². The van der Waals surface area contributed by atoms with Crippen molar-refractivity contribution >= 4 is 28.0 Å². The second-order valence-electron chi connectivity index (χ2n) is 7.18. The van der Waals surface area contributed by atoms with Gasteiger partial charge >= 0.3 is 5.97 Å². The predicted molar refractivity (Wildman–Crippen MR) is 108 cm³/mol. The standard InChI is InChI=1S/C21H29NO2S/c1-6-8-13-21(4,5)18-14-15(3)19(25-18)22(7-2)17-11-9-16(10-12-17)20(23)24/h9-12,14H,6-8,13H2,1-5H3,(H,23,24). The molecule has 0 amide bonds. The molecule has 1 N–H and O–H groups in total. The van der Waals surface area contributed by atoms with Gasteiger partial charge in [0.1, 0.15) is 0 Å². The maximum atomic E-state index is 11.1. The molecule has 0 spiro atoms. The molecule has 2 rings (SSSR count). The molecule has 0 unspecified atom stereocenters. The van der Waals surface area contributed by atoms with Gasteiger partial charge in [-0.25, -0.2) is 4.79 Å². The lowest BCUT2D eigenvalue weighted by molar-refractivity contribution is 0.0697. The second-order valence-corrected chi connectivity index (χ2v) is 8.21. The molecule has 0 bridgehead atoms. The summed E-state index contributed by atoms with van der Waals surface area (Å²) in [5.74, 6) is -0.887. The van der Waals surface area contributed by atoms with Crippen molar-refractivity contribution in [3.8, 4) is 0 Å². The predicted octanol–water partition coefficient (Wildman–Crippen LogP) is 6.38. The number of hydrogen-bond donors (Lipinski definition) is 1. The lowest BCUT2D eigenvalue weighted by atomic mass is 9.85. The number of hydrogen-bond acceptors (Lipinski definition) is 3. The van der Waals surface area contributed by atoms with Crippen LogP contribution >= 0.6 is 11.3 Å². The molecule has 0 aliphatic rings. The van der Waals surface area contributed by atoms with E-state index in [4.69, 9.17) is 5.11 Å². The van der Waals surface area contributed by atoms with Gasteiger partial charge in [-0.3, -0.25) is 0 Å². The first-order valence-electron chi connectivity index (χ1n) is 9.02. The topological polar surface area (TPSA) is 40.5 Å². The quantitative estimate of drug-likeness (QED) is 0.594. The van der Waals surface area contributed by atoms with Gasteiger partial charge in [0.05, 0.1) is 10.6 Å². The molecule has 0 radical (unpaired) electrons. The normalized spacial score (nSPS) is 11.6. The number of benzene rings is 1. The maximum Gasteiger partial charge on any atom is 0.335 e. The average Bonchev–Trinajstić information content (AvgIpc) is 2.97. The molecule has 0 atom stereocenters. The fourth-order valence-electron chi connectivity index (χ4n) is 3.04. The molecule has 25 heavy (non-hydrogen) atoms. The van der Waals surface area contributed by atoms with Crippen LogP contribution in [0.2, 0.25) is 0 Å². The van der Waals surface area contributed by atoms with Gasteiger partial charge in [0, 0.05) is 17.1 Å². The van der Waals surface area contributed by atoms with E-state index in [0.29, 0.717) is 5.56 Å². The Kier molecular flexibility index (Phi) is 6.28. The van der Waals surface area contributed by atoms with Crippen LogP contribution < -0.4 is 4.90 Å². The van der Waals surface area contributed by atoms with E-state index in [-0.39, 0.29) is 5.41 Å². The van der Waals surface area contributed by atoms with Crippen molar-refractivity contribution in [1.82, 2.24) is 0 Å². The summed E-state index contributed by atoms with van der Waals surface area (Å²) in [6, 6.07) is 9.47. The van der Waals surface area contributed by atoms with Crippen molar-refractivity contribution in [2.75, 3.05) is 11.4 Å². The summed E-state index contributed by atoms with van der Waals surface area (Å²) in [7, 11) is 0. The molecule has 0 aliphatic heterocycles. The van der Waals surface area contributed by atoms with Crippen LogP contribution in [0.25, 0.3) is 0 Å². The Morgan fingerprint density at radius 1 is 1.20 bits per heavy atom. The first kappa shape index (κ1) is 19.5. The second kappa shape index (κ2) is 8.05. The highest BCUT2D eigenvalue weighted by molar-refractivity contribution is 7.16. The fourth-order valence-corrected chi connectivity index (χ4v) is 4.43. The summed E-state index contributed by atoms with van der Waals surface area (Å²) in [5, 5.41) is 10.3. The number of rotatable bonds is 8. The third kappa shape index (κ3) is 4.43. The fraction of sp³-hybridized carbons (Fsp3) is 0.476. The van der Waals surface area contributed by atoms with Gasteiger partial charge in [-0.05, 0) is 61.6 Å². The van der Waals surface area contributed by atoms with Crippen molar-refractivity contribution in [2.45, 2.75) is 59.3 Å². The zero-order valence-electron chi connectivity index (χ0n) is 15.9. The van der Waals surface area contributed by atoms with Crippen LogP contribution in [0.1, 0.15) is 67.8 Å². The average molecular weight is 360 g/mol. The van der Waals surface area contributed by atoms with E-state index in [2.05, 4.69) is 45.6 Å². The molecule has 3 nitrogen and oxygen atoms in total. The molecular weight excluding hydrogens is 330 g/mol. The zero-order chi connectivity index (χ0) is 18.6. The summed E-state index contributed by atoms with van der Waals surface area (Å²) in [4.78, 5) is 14.8. The van der Waals surface area contributed by atoms with Crippen molar-refractivity contribution in [2.24, 2.45) is 0 Å². The monoisotopic (exact) mass is 359 g/mol. The molecule has 1 aromatic carbocycles. The van der Waals surface area contributed by atoms with Crippen LogP contribution in [0.5, 0.6) is 0 Å².